The van der Waals surface area contributed by atoms with Crippen LogP contribution in [0.15, 0.2) is 24.8 Å². The number of ether oxygens (including phenoxy) is 1. The minimum Gasteiger partial charge on any atom is -0.378 e. The van der Waals surface area contributed by atoms with Crippen molar-refractivity contribution in [2.24, 2.45) is 17.8 Å². The maximum atomic E-state index is 5.94. The second kappa shape index (κ2) is 11.9. The van der Waals surface area contributed by atoms with E-state index in [1.807, 2.05) is 6.08 Å². The normalized spacial score (nSPS) is 31.4. The van der Waals surface area contributed by atoms with Gasteiger partial charge in [0.05, 0.1) is 12.7 Å². The van der Waals surface area contributed by atoms with Gasteiger partial charge in [-0.1, -0.05) is 56.8 Å². The van der Waals surface area contributed by atoms with E-state index in [9.17, 15) is 0 Å². The van der Waals surface area contributed by atoms with Crippen LogP contribution in [0.3, 0.4) is 0 Å². The molecule has 0 atom stereocenters. The Balaban J connectivity index is 1.51. The summed E-state index contributed by atoms with van der Waals surface area (Å²) in [4.78, 5) is 0. The highest BCUT2D eigenvalue weighted by atomic mass is 16.5. The Morgan fingerprint density at radius 2 is 1.33 bits per heavy atom. The largest absolute Gasteiger partial charge is 0.378 e. The van der Waals surface area contributed by atoms with Gasteiger partial charge in [-0.2, -0.15) is 0 Å². The third-order valence-electron chi connectivity index (χ3n) is 6.40. The summed E-state index contributed by atoms with van der Waals surface area (Å²) in [5, 5.41) is 0. The van der Waals surface area contributed by atoms with Gasteiger partial charge < -0.3 is 4.74 Å². The second-order valence-electron chi connectivity index (χ2n) is 8.20. The zero-order chi connectivity index (χ0) is 17.0. The van der Waals surface area contributed by atoms with Gasteiger partial charge in [0.1, 0.15) is 0 Å². The summed E-state index contributed by atoms with van der Waals surface area (Å²) in [6.07, 6.45) is 25.1. The third kappa shape index (κ3) is 7.55. The van der Waals surface area contributed by atoms with Gasteiger partial charge >= 0.3 is 0 Å². The minimum absolute atomic E-state index is 0.536. The van der Waals surface area contributed by atoms with Crippen LogP contribution in [0.5, 0.6) is 0 Å². The smallest absolute Gasteiger partial charge is 0.0575 e. The molecule has 0 heterocycles. The highest BCUT2D eigenvalue weighted by Gasteiger charge is 2.24. The number of hydrogen-bond donors (Lipinski definition) is 0. The monoisotopic (exact) mass is 332 g/mol. The molecule has 0 spiro atoms. The molecule has 2 saturated carbocycles. The number of hydrogen-bond acceptors (Lipinski definition) is 1. The van der Waals surface area contributed by atoms with Gasteiger partial charge in [-0.25, -0.2) is 0 Å². The number of allylic oxidation sites excluding steroid dienone is 2. The standard InChI is InChI=1S/C23H40O/c1-3-5-7-8-20-9-11-21(12-10-20)13-14-22-15-17-23(18-16-22)24-19-6-4-2/h3-5,20-23H,2,6-19H2,1H3/b5-3+/t20-,21-,22-,23-. The average molecular weight is 333 g/mol. The van der Waals surface area contributed by atoms with Gasteiger partial charge in [-0.05, 0) is 69.6 Å². The lowest BCUT2D eigenvalue weighted by Gasteiger charge is -2.32. The fraction of sp³-hybridized carbons (Fsp3) is 0.826. The molecule has 0 bridgehead atoms. The lowest BCUT2D eigenvalue weighted by Crippen LogP contribution is -2.23. The average Bonchev–Trinajstić information content (AvgIpc) is 2.63. The van der Waals surface area contributed by atoms with Crippen molar-refractivity contribution in [3.8, 4) is 0 Å². The van der Waals surface area contributed by atoms with E-state index in [0.29, 0.717) is 6.10 Å². The van der Waals surface area contributed by atoms with Crippen LogP contribution in [-0.4, -0.2) is 12.7 Å². The molecule has 0 saturated heterocycles. The quantitative estimate of drug-likeness (QED) is 0.307. The van der Waals surface area contributed by atoms with E-state index in [2.05, 4.69) is 25.7 Å². The fourth-order valence-electron chi connectivity index (χ4n) is 4.68. The van der Waals surface area contributed by atoms with Crippen molar-refractivity contribution in [1.29, 1.82) is 0 Å². The van der Waals surface area contributed by atoms with Crippen molar-refractivity contribution in [2.45, 2.75) is 96.5 Å². The lowest BCUT2D eigenvalue weighted by molar-refractivity contribution is 0.0189. The highest BCUT2D eigenvalue weighted by molar-refractivity contribution is 4.81. The lowest BCUT2D eigenvalue weighted by atomic mass is 9.76. The Morgan fingerprint density at radius 3 is 1.88 bits per heavy atom. The molecular weight excluding hydrogens is 292 g/mol. The summed E-state index contributed by atoms with van der Waals surface area (Å²) in [5.41, 5.74) is 0. The summed E-state index contributed by atoms with van der Waals surface area (Å²) in [5.74, 6) is 3.03. The minimum atomic E-state index is 0.536. The Kier molecular flexibility index (Phi) is 9.80. The molecule has 0 unspecified atom stereocenters. The molecule has 2 fully saturated rings. The summed E-state index contributed by atoms with van der Waals surface area (Å²) in [6, 6.07) is 0. The summed E-state index contributed by atoms with van der Waals surface area (Å²) >= 11 is 0. The summed E-state index contributed by atoms with van der Waals surface area (Å²) in [7, 11) is 0. The van der Waals surface area contributed by atoms with Gasteiger partial charge in [-0.3, -0.25) is 0 Å². The first-order chi connectivity index (χ1) is 11.8. The molecule has 2 rings (SSSR count). The van der Waals surface area contributed by atoms with Crippen LogP contribution < -0.4 is 0 Å². The second-order valence-corrected chi connectivity index (χ2v) is 8.20. The molecular formula is C23H40O. The first kappa shape index (κ1) is 19.8. The molecule has 0 aromatic rings. The van der Waals surface area contributed by atoms with Gasteiger partial charge in [0, 0.05) is 0 Å². The molecule has 0 aromatic heterocycles. The van der Waals surface area contributed by atoms with Crippen molar-refractivity contribution in [3.05, 3.63) is 24.8 Å². The zero-order valence-corrected chi connectivity index (χ0v) is 16.1. The predicted octanol–water partition coefficient (Wildman–Crippen LogP) is 7.08. The van der Waals surface area contributed by atoms with Gasteiger partial charge in [-0.15, -0.1) is 6.58 Å². The fourth-order valence-corrected chi connectivity index (χ4v) is 4.68. The highest BCUT2D eigenvalue weighted by Crippen LogP contribution is 2.37. The van der Waals surface area contributed by atoms with Crippen LogP contribution in [0, 0.1) is 17.8 Å². The maximum absolute atomic E-state index is 5.94. The molecule has 0 aliphatic heterocycles. The van der Waals surface area contributed by atoms with E-state index in [1.54, 1.807) is 0 Å². The zero-order valence-electron chi connectivity index (χ0n) is 16.1. The van der Waals surface area contributed by atoms with Crippen molar-refractivity contribution >= 4 is 0 Å². The molecule has 1 heteroatoms. The van der Waals surface area contributed by atoms with Gasteiger partial charge in [0.25, 0.3) is 0 Å². The molecule has 2 aliphatic rings. The van der Waals surface area contributed by atoms with E-state index in [4.69, 9.17) is 4.74 Å². The predicted molar refractivity (Wildman–Crippen MR) is 105 cm³/mol. The van der Waals surface area contributed by atoms with E-state index in [0.717, 1.165) is 30.8 Å². The molecule has 0 radical (unpaired) electrons. The third-order valence-corrected chi connectivity index (χ3v) is 6.40. The molecule has 1 nitrogen and oxygen atoms in total. The molecule has 2 aliphatic carbocycles. The van der Waals surface area contributed by atoms with Gasteiger partial charge in [0.2, 0.25) is 0 Å². The van der Waals surface area contributed by atoms with E-state index >= 15 is 0 Å². The summed E-state index contributed by atoms with van der Waals surface area (Å²) in [6.45, 7) is 6.77. The topological polar surface area (TPSA) is 9.23 Å². The van der Waals surface area contributed by atoms with E-state index in [-0.39, 0.29) is 0 Å². The molecule has 24 heavy (non-hydrogen) atoms. The van der Waals surface area contributed by atoms with Crippen molar-refractivity contribution < 1.29 is 4.74 Å². The molecule has 0 N–H and O–H groups in total. The first-order valence-electron chi connectivity index (χ1n) is 10.7. The summed E-state index contributed by atoms with van der Waals surface area (Å²) < 4.78 is 5.94. The molecule has 0 aromatic carbocycles. The van der Waals surface area contributed by atoms with Crippen LogP contribution in [0.4, 0.5) is 0 Å². The Morgan fingerprint density at radius 1 is 0.792 bits per heavy atom. The van der Waals surface area contributed by atoms with Gasteiger partial charge in [0.15, 0.2) is 0 Å². The molecule has 138 valence electrons. The molecule has 0 amide bonds. The van der Waals surface area contributed by atoms with E-state index in [1.165, 1.54) is 77.0 Å². The van der Waals surface area contributed by atoms with Crippen LogP contribution in [0.25, 0.3) is 0 Å². The van der Waals surface area contributed by atoms with Crippen LogP contribution >= 0.6 is 0 Å². The van der Waals surface area contributed by atoms with Crippen LogP contribution in [-0.2, 0) is 4.74 Å². The van der Waals surface area contributed by atoms with Crippen molar-refractivity contribution in [1.82, 2.24) is 0 Å². The Bertz CT molecular complexity index is 343. The van der Waals surface area contributed by atoms with E-state index < -0.39 is 0 Å². The van der Waals surface area contributed by atoms with Crippen LogP contribution in [0.2, 0.25) is 0 Å². The first-order valence-corrected chi connectivity index (χ1v) is 10.7. The van der Waals surface area contributed by atoms with Crippen molar-refractivity contribution in [3.63, 3.8) is 0 Å². The maximum Gasteiger partial charge on any atom is 0.0575 e. The number of rotatable bonds is 10. The SMILES string of the molecule is C=CCCO[C@H]1CC[C@H](CC[C@H]2CC[C@H](CC/C=C/C)CC2)CC1. The van der Waals surface area contributed by atoms with Crippen LogP contribution in [0.1, 0.15) is 90.4 Å². The Hall–Kier alpha value is -0.560. The van der Waals surface area contributed by atoms with Crippen molar-refractivity contribution in [2.75, 3.05) is 6.61 Å². The Labute approximate surface area is 150 Å².